The molecule has 0 unspecified atom stereocenters. The molecule has 4 aromatic rings. The quantitative estimate of drug-likeness (QED) is 0.619. The highest BCUT2D eigenvalue weighted by Crippen LogP contribution is 2.26. The van der Waals surface area contributed by atoms with Crippen LogP contribution in [-0.4, -0.2) is 25.1 Å². The van der Waals surface area contributed by atoms with Gasteiger partial charge in [0.15, 0.2) is 0 Å². The lowest BCUT2D eigenvalue weighted by atomic mass is 10.0. The molecule has 0 spiro atoms. The first-order valence-electron chi connectivity index (χ1n) is 7.99. The molecule has 0 amide bonds. The Morgan fingerprint density at radius 2 is 1.80 bits per heavy atom. The molecule has 0 saturated heterocycles. The van der Waals surface area contributed by atoms with Crippen molar-refractivity contribution in [1.82, 2.24) is 25.1 Å². The Bertz CT molecular complexity index is 1010. The minimum atomic E-state index is 0.466. The Morgan fingerprint density at radius 3 is 2.68 bits per heavy atom. The molecule has 0 aliphatic rings. The number of benzene rings is 2. The molecule has 0 bridgehead atoms. The van der Waals surface area contributed by atoms with Crippen LogP contribution in [0.5, 0.6) is 0 Å². The van der Waals surface area contributed by atoms with Crippen LogP contribution < -0.4 is 5.32 Å². The number of hydrogen-bond donors (Lipinski definition) is 1. The molecule has 6 nitrogen and oxygen atoms in total. The Balaban J connectivity index is 1.61. The van der Waals surface area contributed by atoms with Gasteiger partial charge >= 0.3 is 0 Å². The molecule has 25 heavy (non-hydrogen) atoms. The van der Waals surface area contributed by atoms with Crippen LogP contribution in [0.25, 0.3) is 22.0 Å². The average molecular weight is 328 g/mol. The van der Waals surface area contributed by atoms with Gasteiger partial charge in [-0.25, -0.2) is 4.98 Å². The van der Waals surface area contributed by atoms with E-state index in [1.807, 2.05) is 31.2 Å². The maximum Gasteiger partial charge on any atom is 0.243 e. The topological polar surface area (TPSA) is 76.5 Å². The molecule has 2 aromatic carbocycles. The highest BCUT2D eigenvalue weighted by atomic mass is 15.2. The lowest BCUT2D eigenvalue weighted by Gasteiger charge is -2.08. The van der Waals surface area contributed by atoms with Crippen molar-refractivity contribution in [3.63, 3.8) is 0 Å². The highest BCUT2D eigenvalue weighted by molar-refractivity contribution is 5.95. The molecule has 1 N–H and O–H groups in total. The summed E-state index contributed by atoms with van der Waals surface area (Å²) in [5.41, 5.74) is 3.53. The van der Waals surface area contributed by atoms with Gasteiger partial charge in [0.05, 0.1) is 36.0 Å². The van der Waals surface area contributed by atoms with Crippen molar-refractivity contribution in [1.29, 1.82) is 0 Å². The zero-order chi connectivity index (χ0) is 17.1. The summed E-state index contributed by atoms with van der Waals surface area (Å²) in [6.07, 6.45) is 5.16. The predicted octanol–water partition coefficient (Wildman–Crippen LogP) is 3.40. The van der Waals surface area contributed by atoms with Gasteiger partial charge in [0, 0.05) is 11.8 Å². The van der Waals surface area contributed by atoms with Crippen LogP contribution in [-0.2, 0) is 6.54 Å². The molecule has 0 aliphatic carbocycles. The van der Waals surface area contributed by atoms with E-state index in [0.29, 0.717) is 12.5 Å². The monoisotopic (exact) mass is 328 g/mol. The van der Waals surface area contributed by atoms with Crippen molar-refractivity contribution in [2.45, 2.75) is 13.5 Å². The normalized spacial score (nSPS) is 10.8. The molecular formula is C19H16N6. The van der Waals surface area contributed by atoms with Gasteiger partial charge in [0.1, 0.15) is 0 Å². The van der Waals surface area contributed by atoms with Crippen molar-refractivity contribution < 1.29 is 0 Å². The molecule has 0 radical (unpaired) electrons. The zero-order valence-corrected chi connectivity index (χ0v) is 13.7. The Hall–Kier alpha value is -3.41. The average Bonchev–Trinajstić information content (AvgIpc) is 2.67. The third-order valence-corrected chi connectivity index (χ3v) is 3.89. The lowest BCUT2D eigenvalue weighted by Crippen LogP contribution is -2.07. The molecular weight excluding hydrogens is 312 g/mol. The summed E-state index contributed by atoms with van der Waals surface area (Å²) in [6, 6.07) is 14.4. The largest absolute Gasteiger partial charge is 0.347 e. The maximum atomic E-state index is 4.59. The van der Waals surface area contributed by atoms with E-state index in [9.17, 15) is 0 Å². The molecule has 0 fully saturated rings. The summed E-state index contributed by atoms with van der Waals surface area (Å²) in [5.74, 6) is 0.466. The summed E-state index contributed by atoms with van der Waals surface area (Å²) < 4.78 is 0. The summed E-state index contributed by atoms with van der Waals surface area (Å²) in [7, 11) is 0. The minimum Gasteiger partial charge on any atom is -0.347 e. The van der Waals surface area contributed by atoms with E-state index in [4.69, 9.17) is 0 Å². The summed E-state index contributed by atoms with van der Waals surface area (Å²) in [6.45, 7) is 2.40. The number of aromatic nitrogens is 5. The van der Waals surface area contributed by atoms with Crippen LogP contribution in [0.15, 0.2) is 61.1 Å². The van der Waals surface area contributed by atoms with E-state index in [1.165, 1.54) is 5.39 Å². The summed E-state index contributed by atoms with van der Waals surface area (Å²) in [5, 5.41) is 13.6. The van der Waals surface area contributed by atoms with Gasteiger partial charge in [-0.3, -0.25) is 9.97 Å². The fraction of sp³-hybridized carbons (Fsp3) is 0.105. The smallest absolute Gasteiger partial charge is 0.243 e. The fourth-order valence-electron chi connectivity index (χ4n) is 2.64. The van der Waals surface area contributed by atoms with E-state index in [-0.39, 0.29) is 0 Å². The van der Waals surface area contributed by atoms with Gasteiger partial charge in [0.25, 0.3) is 0 Å². The van der Waals surface area contributed by atoms with Crippen LogP contribution in [0.1, 0.15) is 11.4 Å². The first kappa shape index (κ1) is 15.1. The second kappa shape index (κ2) is 6.60. The van der Waals surface area contributed by atoms with Crippen LogP contribution in [0.3, 0.4) is 0 Å². The van der Waals surface area contributed by atoms with Crippen molar-refractivity contribution in [3.05, 3.63) is 72.4 Å². The first-order chi connectivity index (χ1) is 12.3. The van der Waals surface area contributed by atoms with Crippen molar-refractivity contribution in [3.8, 4) is 11.3 Å². The highest BCUT2D eigenvalue weighted by Gasteiger charge is 2.07. The van der Waals surface area contributed by atoms with Crippen molar-refractivity contribution >= 4 is 16.7 Å². The number of nitrogens with one attached hydrogen (secondary N) is 1. The number of anilines is 1. The molecule has 0 atom stereocenters. The second-order valence-corrected chi connectivity index (χ2v) is 5.69. The number of fused-ring (bicyclic) bond motifs is 1. The SMILES string of the molecule is Cc1cnc(CNc2nncc(-c3cccc4ccccc34)n2)cn1. The minimum absolute atomic E-state index is 0.466. The summed E-state index contributed by atoms with van der Waals surface area (Å²) in [4.78, 5) is 13.1. The number of nitrogens with zero attached hydrogens (tertiary/aromatic N) is 5. The molecule has 2 aromatic heterocycles. The molecule has 4 rings (SSSR count). The number of aryl methyl sites for hydroxylation is 1. The standard InChI is InChI=1S/C19H16N6/c1-13-9-21-15(10-20-13)11-22-19-24-18(12-23-25-19)17-8-4-6-14-5-2-3-7-16(14)17/h2-10,12H,11H2,1H3,(H,22,24,25). The summed E-state index contributed by atoms with van der Waals surface area (Å²) >= 11 is 0. The second-order valence-electron chi connectivity index (χ2n) is 5.69. The van der Waals surface area contributed by atoms with Crippen LogP contribution in [0.2, 0.25) is 0 Å². The molecule has 122 valence electrons. The third kappa shape index (κ3) is 3.28. The van der Waals surface area contributed by atoms with Gasteiger partial charge in [-0.2, -0.15) is 5.10 Å². The van der Waals surface area contributed by atoms with Gasteiger partial charge in [-0.15, -0.1) is 5.10 Å². The van der Waals surface area contributed by atoms with E-state index in [1.54, 1.807) is 18.6 Å². The maximum absolute atomic E-state index is 4.59. The van der Waals surface area contributed by atoms with E-state index in [2.05, 4.69) is 48.7 Å². The molecule has 0 saturated carbocycles. The number of rotatable bonds is 4. The van der Waals surface area contributed by atoms with Crippen LogP contribution in [0, 0.1) is 6.92 Å². The van der Waals surface area contributed by atoms with E-state index >= 15 is 0 Å². The Kier molecular flexibility index (Phi) is 4.00. The molecule has 6 heteroatoms. The van der Waals surface area contributed by atoms with Crippen LogP contribution in [0.4, 0.5) is 5.95 Å². The lowest BCUT2D eigenvalue weighted by molar-refractivity contribution is 0.922. The molecule has 2 heterocycles. The van der Waals surface area contributed by atoms with Gasteiger partial charge in [0.2, 0.25) is 5.95 Å². The van der Waals surface area contributed by atoms with Gasteiger partial charge in [-0.1, -0.05) is 42.5 Å². The van der Waals surface area contributed by atoms with E-state index < -0.39 is 0 Å². The van der Waals surface area contributed by atoms with Crippen LogP contribution >= 0.6 is 0 Å². The molecule has 0 aliphatic heterocycles. The first-order valence-corrected chi connectivity index (χ1v) is 7.99. The predicted molar refractivity (Wildman–Crippen MR) is 96.9 cm³/mol. The fourth-order valence-corrected chi connectivity index (χ4v) is 2.64. The third-order valence-electron chi connectivity index (χ3n) is 3.89. The zero-order valence-electron chi connectivity index (χ0n) is 13.7. The van der Waals surface area contributed by atoms with Gasteiger partial charge in [-0.05, 0) is 17.7 Å². The number of hydrogen-bond acceptors (Lipinski definition) is 6. The Morgan fingerprint density at radius 1 is 0.920 bits per heavy atom. The van der Waals surface area contributed by atoms with E-state index in [0.717, 1.165) is 28.0 Å². The van der Waals surface area contributed by atoms with Crippen molar-refractivity contribution in [2.24, 2.45) is 0 Å². The van der Waals surface area contributed by atoms with Gasteiger partial charge < -0.3 is 5.32 Å². The van der Waals surface area contributed by atoms with Crippen molar-refractivity contribution in [2.75, 3.05) is 5.32 Å². The Labute approximate surface area is 145 Å².